The van der Waals surface area contributed by atoms with Crippen molar-refractivity contribution >= 4 is 12.0 Å². The summed E-state index contributed by atoms with van der Waals surface area (Å²) in [6, 6.07) is 5.54. The standard InChI is InChI=1S/C19H17N5O3/c25-18(4-2-14-1-3-16-17(11-14)27-13-26-16)22-7-9-24-10-8-23-19(24)15-12-20-5-6-21-15/h1-6,8,10-12H,7,9,13H2,(H,22,25)/b4-2+. The van der Waals surface area contributed by atoms with Gasteiger partial charge in [-0.15, -0.1) is 0 Å². The normalized spacial score (nSPS) is 12.4. The van der Waals surface area contributed by atoms with Gasteiger partial charge in [-0.1, -0.05) is 6.07 Å². The molecule has 0 saturated heterocycles. The second kappa shape index (κ2) is 7.69. The lowest BCUT2D eigenvalue weighted by Gasteiger charge is -2.07. The van der Waals surface area contributed by atoms with Gasteiger partial charge in [-0.05, 0) is 23.8 Å². The Hall–Kier alpha value is -3.68. The summed E-state index contributed by atoms with van der Waals surface area (Å²) in [5.41, 5.74) is 1.56. The number of fused-ring (bicyclic) bond motifs is 1. The van der Waals surface area contributed by atoms with Crippen LogP contribution in [0.15, 0.2) is 55.3 Å². The maximum absolute atomic E-state index is 12.0. The Bertz CT molecular complexity index is 968. The number of nitrogens with zero attached hydrogens (tertiary/aromatic N) is 4. The summed E-state index contributed by atoms with van der Waals surface area (Å²) < 4.78 is 12.5. The number of hydrogen-bond acceptors (Lipinski definition) is 6. The molecule has 0 atom stereocenters. The Morgan fingerprint density at radius 3 is 3.00 bits per heavy atom. The third-order valence-electron chi connectivity index (χ3n) is 3.98. The summed E-state index contributed by atoms with van der Waals surface area (Å²) >= 11 is 0. The van der Waals surface area contributed by atoms with Gasteiger partial charge in [-0.3, -0.25) is 9.78 Å². The molecule has 2 aromatic heterocycles. The molecule has 0 fully saturated rings. The second-order valence-corrected chi connectivity index (χ2v) is 5.77. The highest BCUT2D eigenvalue weighted by Crippen LogP contribution is 2.32. The van der Waals surface area contributed by atoms with Crippen LogP contribution in [0.1, 0.15) is 5.56 Å². The average molecular weight is 363 g/mol. The van der Waals surface area contributed by atoms with Gasteiger partial charge in [0.25, 0.3) is 0 Å². The van der Waals surface area contributed by atoms with E-state index in [1.807, 2.05) is 29.0 Å². The first-order valence-corrected chi connectivity index (χ1v) is 8.43. The molecule has 1 amide bonds. The first-order chi connectivity index (χ1) is 13.3. The van der Waals surface area contributed by atoms with Crippen LogP contribution in [-0.4, -0.2) is 38.8 Å². The number of rotatable bonds is 6. The van der Waals surface area contributed by atoms with Gasteiger partial charge < -0.3 is 19.4 Å². The summed E-state index contributed by atoms with van der Waals surface area (Å²) in [6.45, 7) is 1.28. The fourth-order valence-corrected chi connectivity index (χ4v) is 2.68. The summed E-state index contributed by atoms with van der Waals surface area (Å²) in [4.78, 5) is 24.6. The maximum atomic E-state index is 12.0. The predicted molar refractivity (Wildman–Crippen MR) is 97.9 cm³/mol. The number of amides is 1. The highest BCUT2D eigenvalue weighted by atomic mass is 16.7. The molecule has 3 heterocycles. The van der Waals surface area contributed by atoms with Crippen LogP contribution < -0.4 is 14.8 Å². The number of nitrogens with one attached hydrogen (secondary N) is 1. The molecule has 3 aromatic rings. The van der Waals surface area contributed by atoms with Crippen LogP contribution in [0.25, 0.3) is 17.6 Å². The summed E-state index contributed by atoms with van der Waals surface area (Å²) in [6.07, 6.45) is 11.7. The van der Waals surface area contributed by atoms with Gasteiger partial charge >= 0.3 is 0 Å². The Morgan fingerprint density at radius 1 is 1.19 bits per heavy atom. The van der Waals surface area contributed by atoms with E-state index in [-0.39, 0.29) is 12.7 Å². The van der Waals surface area contributed by atoms with Crippen molar-refractivity contribution in [2.24, 2.45) is 0 Å². The van der Waals surface area contributed by atoms with Crippen molar-refractivity contribution in [2.75, 3.05) is 13.3 Å². The van der Waals surface area contributed by atoms with Crippen LogP contribution in [0, 0.1) is 0 Å². The average Bonchev–Trinajstić information content (AvgIpc) is 3.36. The van der Waals surface area contributed by atoms with E-state index in [1.165, 1.54) is 6.08 Å². The minimum absolute atomic E-state index is 0.172. The third kappa shape index (κ3) is 3.95. The zero-order chi connectivity index (χ0) is 18.5. The minimum Gasteiger partial charge on any atom is -0.454 e. The molecule has 0 spiro atoms. The highest BCUT2D eigenvalue weighted by molar-refractivity contribution is 5.91. The number of carbonyl (C=O) groups is 1. The van der Waals surface area contributed by atoms with Crippen molar-refractivity contribution in [3.05, 3.63) is 60.8 Å². The van der Waals surface area contributed by atoms with E-state index in [2.05, 4.69) is 20.3 Å². The van der Waals surface area contributed by atoms with Crippen LogP contribution >= 0.6 is 0 Å². The van der Waals surface area contributed by atoms with E-state index >= 15 is 0 Å². The van der Waals surface area contributed by atoms with Crippen LogP contribution in [-0.2, 0) is 11.3 Å². The molecule has 0 radical (unpaired) electrons. The van der Waals surface area contributed by atoms with Gasteiger partial charge in [0, 0.05) is 44.0 Å². The first kappa shape index (κ1) is 16.8. The van der Waals surface area contributed by atoms with E-state index in [1.54, 1.807) is 30.9 Å². The number of ether oxygens (including phenoxy) is 2. The molecule has 8 heteroatoms. The summed E-state index contributed by atoms with van der Waals surface area (Å²) in [5, 5.41) is 2.86. The Balaban J connectivity index is 1.31. The second-order valence-electron chi connectivity index (χ2n) is 5.77. The van der Waals surface area contributed by atoms with Gasteiger partial charge in [0.1, 0.15) is 5.69 Å². The van der Waals surface area contributed by atoms with Crippen molar-refractivity contribution in [1.82, 2.24) is 24.8 Å². The molecular formula is C19H17N5O3. The topological polar surface area (TPSA) is 91.2 Å². The van der Waals surface area contributed by atoms with E-state index < -0.39 is 0 Å². The lowest BCUT2D eigenvalue weighted by atomic mass is 10.2. The lowest BCUT2D eigenvalue weighted by molar-refractivity contribution is -0.116. The zero-order valence-electron chi connectivity index (χ0n) is 14.4. The van der Waals surface area contributed by atoms with Crippen LogP contribution in [0.4, 0.5) is 0 Å². The molecule has 4 rings (SSSR count). The van der Waals surface area contributed by atoms with Crippen LogP contribution in [0.2, 0.25) is 0 Å². The van der Waals surface area contributed by atoms with Crippen molar-refractivity contribution in [2.45, 2.75) is 6.54 Å². The van der Waals surface area contributed by atoms with E-state index in [4.69, 9.17) is 9.47 Å². The molecule has 0 saturated carbocycles. The number of hydrogen-bond donors (Lipinski definition) is 1. The number of imidazole rings is 1. The third-order valence-corrected chi connectivity index (χ3v) is 3.98. The zero-order valence-corrected chi connectivity index (χ0v) is 14.4. The molecule has 1 aliphatic heterocycles. The molecule has 1 N–H and O–H groups in total. The predicted octanol–water partition coefficient (Wildman–Crippen LogP) is 1.90. The van der Waals surface area contributed by atoms with Gasteiger partial charge in [-0.25, -0.2) is 9.97 Å². The fraction of sp³-hybridized carbons (Fsp3) is 0.158. The Kier molecular flexibility index (Phi) is 4.78. The maximum Gasteiger partial charge on any atom is 0.244 e. The monoisotopic (exact) mass is 363 g/mol. The minimum atomic E-state index is -0.172. The highest BCUT2D eigenvalue weighted by Gasteiger charge is 2.12. The number of aromatic nitrogens is 4. The van der Waals surface area contributed by atoms with Crippen molar-refractivity contribution < 1.29 is 14.3 Å². The number of benzene rings is 1. The number of carbonyl (C=O) groups excluding carboxylic acids is 1. The molecule has 1 aromatic carbocycles. The molecule has 8 nitrogen and oxygen atoms in total. The lowest BCUT2D eigenvalue weighted by Crippen LogP contribution is -2.25. The molecule has 136 valence electrons. The Labute approximate surface area is 155 Å². The van der Waals surface area contributed by atoms with Gasteiger partial charge in [0.15, 0.2) is 17.3 Å². The molecule has 27 heavy (non-hydrogen) atoms. The fourth-order valence-electron chi connectivity index (χ4n) is 2.68. The summed E-state index contributed by atoms with van der Waals surface area (Å²) in [7, 11) is 0. The quantitative estimate of drug-likeness (QED) is 0.673. The molecular weight excluding hydrogens is 346 g/mol. The van der Waals surface area contributed by atoms with Gasteiger partial charge in [0.2, 0.25) is 12.7 Å². The van der Waals surface area contributed by atoms with Gasteiger partial charge in [-0.2, -0.15) is 0 Å². The van der Waals surface area contributed by atoms with Crippen LogP contribution in [0.3, 0.4) is 0 Å². The molecule has 0 aliphatic carbocycles. The van der Waals surface area contributed by atoms with Crippen molar-refractivity contribution in [3.8, 4) is 23.0 Å². The smallest absolute Gasteiger partial charge is 0.244 e. The molecule has 0 bridgehead atoms. The largest absolute Gasteiger partial charge is 0.454 e. The SMILES string of the molecule is O=C(/C=C/c1ccc2c(c1)OCO2)NCCn1ccnc1-c1cnccn1. The summed E-state index contributed by atoms with van der Waals surface area (Å²) in [5.74, 6) is 1.95. The van der Waals surface area contributed by atoms with Crippen LogP contribution in [0.5, 0.6) is 11.5 Å². The van der Waals surface area contributed by atoms with Crippen molar-refractivity contribution in [3.63, 3.8) is 0 Å². The van der Waals surface area contributed by atoms with E-state index in [9.17, 15) is 4.79 Å². The molecule has 1 aliphatic rings. The first-order valence-electron chi connectivity index (χ1n) is 8.43. The molecule has 0 unspecified atom stereocenters. The van der Waals surface area contributed by atoms with E-state index in [0.717, 1.165) is 11.3 Å². The van der Waals surface area contributed by atoms with E-state index in [0.29, 0.717) is 30.4 Å². The van der Waals surface area contributed by atoms with Crippen molar-refractivity contribution in [1.29, 1.82) is 0 Å². The van der Waals surface area contributed by atoms with Gasteiger partial charge in [0.05, 0.1) is 6.20 Å². The Morgan fingerprint density at radius 2 is 2.11 bits per heavy atom.